The number of pyridine rings is 2. The predicted octanol–water partition coefficient (Wildman–Crippen LogP) is 4.14. The van der Waals surface area contributed by atoms with Crippen molar-refractivity contribution in [1.29, 1.82) is 5.41 Å². The first kappa shape index (κ1) is 23.0. The topological polar surface area (TPSA) is 96.8 Å². The number of rotatable bonds is 7. The fourth-order valence-electron chi connectivity index (χ4n) is 3.55. The number of hydrogen-bond donors (Lipinski definition) is 3. The van der Waals surface area contributed by atoms with Gasteiger partial charge in [0.1, 0.15) is 23.3 Å². The van der Waals surface area contributed by atoms with Crippen molar-refractivity contribution in [3.63, 3.8) is 0 Å². The van der Waals surface area contributed by atoms with Gasteiger partial charge < -0.3 is 14.8 Å². The van der Waals surface area contributed by atoms with E-state index in [4.69, 9.17) is 33.6 Å². The number of nitrogens with one attached hydrogen (secondary N) is 3. The summed E-state index contributed by atoms with van der Waals surface area (Å²) in [5.74, 6) is 0.819. The van der Waals surface area contributed by atoms with Gasteiger partial charge in [-0.3, -0.25) is 10.4 Å². The number of imidazole rings is 1. The van der Waals surface area contributed by atoms with Gasteiger partial charge in [-0.15, -0.1) is 0 Å². The number of aromatic amines is 2. The molecule has 0 aliphatic rings. The molecule has 3 heterocycles. The van der Waals surface area contributed by atoms with Gasteiger partial charge in [0, 0.05) is 30.5 Å². The third-order valence-corrected chi connectivity index (χ3v) is 5.77. The second-order valence-corrected chi connectivity index (χ2v) is 8.53. The van der Waals surface area contributed by atoms with E-state index in [1.54, 1.807) is 0 Å². The molecule has 0 saturated heterocycles. The standard InChI is InChI=1S/C23H22BCl2N7/c1-14-3-2-4-19(30-14)23-22(16-6-8-20(28-10-16)29-13-27)31-21(32-23)12-33(24)11-15-5-7-17(25)18(26)9-15/h2-10,13H,11-12,24H2,1H3,(H,31,32)(H2,27,28,29). The Balaban J connectivity index is 1.66. The number of benzene rings is 1. The van der Waals surface area contributed by atoms with Crippen molar-refractivity contribution < 1.29 is 0 Å². The Hall–Kier alpha value is -3.20. The summed E-state index contributed by atoms with van der Waals surface area (Å²) in [5, 5.41) is 8.23. The van der Waals surface area contributed by atoms with Crippen LogP contribution in [0.1, 0.15) is 17.1 Å². The maximum absolute atomic E-state index is 7.14. The molecule has 0 saturated carbocycles. The van der Waals surface area contributed by atoms with E-state index in [2.05, 4.69) is 24.8 Å². The molecule has 1 aromatic carbocycles. The van der Waals surface area contributed by atoms with E-state index in [9.17, 15) is 0 Å². The zero-order valence-electron chi connectivity index (χ0n) is 18.2. The maximum atomic E-state index is 7.14. The van der Waals surface area contributed by atoms with Gasteiger partial charge in [0.15, 0.2) is 7.98 Å². The van der Waals surface area contributed by atoms with Gasteiger partial charge >= 0.3 is 0 Å². The highest BCUT2D eigenvalue weighted by Crippen LogP contribution is 2.29. The largest absolute Gasteiger partial charge is 0.346 e. The number of nitrogens with zero attached hydrogens (tertiary/aromatic N) is 4. The van der Waals surface area contributed by atoms with Crippen molar-refractivity contribution in [1.82, 2.24) is 24.7 Å². The third kappa shape index (κ3) is 5.60. The molecule has 0 aliphatic heterocycles. The summed E-state index contributed by atoms with van der Waals surface area (Å²) in [4.78, 5) is 22.2. The molecule has 0 fully saturated rings. The van der Waals surface area contributed by atoms with Crippen LogP contribution in [0.4, 0.5) is 0 Å². The Labute approximate surface area is 202 Å². The summed E-state index contributed by atoms with van der Waals surface area (Å²) in [6.07, 6.45) is 2.85. The van der Waals surface area contributed by atoms with Crippen LogP contribution in [0.5, 0.6) is 0 Å². The van der Waals surface area contributed by atoms with E-state index in [0.29, 0.717) is 28.6 Å². The average molecular weight is 478 g/mol. The minimum absolute atomic E-state index is 0.546. The zero-order chi connectivity index (χ0) is 23.4. The monoisotopic (exact) mass is 477 g/mol. The molecule has 0 unspecified atom stereocenters. The number of aromatic nitrogens is 4. The van der Waals surface area contributed by atoms with E-state index in [0.717, 1.165) is 46.1 Å². The number of aryl methyl sites for hydroxylation is 1. The van der Waals surface area contributed by atoms with Crippen molar-refractivity contribution in [2.24, 2.45) is 4.99 Å². The molecule has 0 amide bonds. The van der Waals surface area contributed by atoms with Crippen LogP contribution < -0.4 is 5.49 Å². The SMILES string of the molecule is BN(Cc1ccc(Cl)c(Cl)c1)Cc1nc(-c2cccc(C)n2)c(-c2cc/c(=N/C=N)[nH]c2)[nH]1. The third-order valence-electron chi connectivity index (χ3n) is 5.03. The highest BCUT2D eigenvalue weighted by molar-refractivity contribution is 6.42. The van der Waals surface area contributed by atoms with E-state index in [-0.39, 0.29) is 0 Å². The fourth-order valence-corrected chi connectivity index (χ4v) is 3.87. The molecular weight excluding hydrogens is 456 g/mol. The first-order chi connectivity index (χ1) is 15.9. The molecule has 0 aliphatic carbocycles. The predicted molar refractivity (Wildman–Crippen MR) is 135 cm³/mol. The average Bonchev–Trinajstić information content (AvgIpc) is 3.20. The van der Waals surface area contributed by atoms with Crippen molar-refractivity contribution in [3.05, 3.63) is 87.3 Å². The summed E-state index contributed by atoms with van der Waals surface area (Å²) >= 11 is 12.2. The lowest BCUT2D eigenvalue weighted by atomic mass is 10.1. The lowest BCUT2D eigenvalue weighted by Gasteiger charge is -2.16. The molecule has 10 heteroatoms. The van der Waals surface area contributed by atoms with Crippen LogP contribution in [0.3, 0.4) is 0 Å². The Kier molecular flexibility index (Phi) is 7.08. The molecule has 3 N–H and O–H groups in total. The lowest BCUT2D eigenvalue weighted by molar-refractivity contribution is 0.432. The summed E-state index contributed by atoms with van der Waals surface area (Å²) in [7, 11) is 2.02. The minimum atomic E-state index is 0.546. The van der Waals surface area contributed by atoms with Gasteiger partial charge in [-0.2, -0.15) is 0 Å². The molecule has 3 aromatic heterocycles. The van der Waals surface area contributed by atoms with Crippen LogP contribution in [0.25, 0.3) is 22.6 Å². The van der Waals surface area contributed by atoms with Crippen LogP contribution in [-0.2, 0) is 13.1 Å². The molecule has 0 spiro atoms. The number of H-pyrrole nitrogens is 2. The highest BCUT2D eigenvalue weighted by atomic mass is 35.5. The van der Waals surface area contributed by atoms with E-state index in [1.165, 1.54) is 0 Å². The molecule has 4 rings (SSSR count). The molecule has 7 nitrogen and oxygen atoms in total. The van der Waals surface area contributed by atoms with Crippen LogP contribution in [0.15, 0.2) is 59.7 Å². The van der Waals surface area contributed by atoms with Gasteiger partial charge in [0.25, 0.3) is 0 Å². The fraction of sp³-hybridized carbons (Fsp3) is 0.130. The molecule has 4 aromatic rings. The highest BCUT2D eigenvalue weighted by Gasteiger charge is 2.16. The summed E-state index contributed by atoms with van der Waals surface area (Å²) in [5.41, 5.74) is 5.96. The second kappa shape index (κ2) is 10.2. The van der Waals surface area contributed by atoms with Gasteiger partial charge in [-0.05, 0) is 48.9 Å². The van der Waals surface area contributed by atoms with Crippen molar-refractivity contribution in [3.8, 4) is 22.6 Å². The smallest absolute Gasteiger partial charge is 0.186 e. The van der Waals surface area contributed by atoms with Crippen LogP contribution in [-0.4, -0.2) is 39.1 Å². The minimum Gasteiger partial charge on any atom is -0.346 e. The van der Waals surface area contributed by atoms with E-state index in [1.807, 2.05) is 69.6 Å². The number of hydrogen-bond acceptors (Lipinski definition) is 4. The van der Waals surface area contributed by atoms with E-state index >= 15 is 0 Å². The molecular formula is C23H22BCl2N7. The Morgan fingerprint density at radius 3 is 2.64 bits per heavy atom. The first-order valence-electron chi connectivity index (χ1n) is 10.3. The van der Waals surface area contributed by atoms with E-state index < -0.39 is 0 Å². The van der Waals surface area contributed by atoms with Crippen LogP contribution >= 0.6 is 23.2 Å². The second-order valence-electron chi connectivity index (χ2n) is 7.71. The van der Waals surface area contributed by atoms with Crippen molar-refractivity contribution in [2.45, 2.75) is 20.0 Å². The molecule has 33 heavy (non-hydrogen) atoms. The summed E-state index contributed by atoms with van der Waals surface area (Å²) in [6.45, 7) is 3.26. The number of halogens is 2. The Morgan fingerprint density at radius 1 is 1.09 bits per heavy atom. The lowest BCUT2D eigenvalue weighted by Crippen LogP contribution is -2.19. The first-order valence-corrected chi connectivity index (χ1v) is 11.1. The molecule has 0 atom stereocenters. The van der Waals surface area contributed by atoms with Gasteiger partial charge in [-0.1, -0.05) is 35.3 Å². The summed E-state index contributed by atoms with van der Waals surface area (Å²) in [6, 6.07) is 15.3. The van der Waals surface area contributed by atoms with Gasteiger partial charge in [0.2, 0.25) is 0 Å². The Bertz CT molecular complexity index is 1340. The summed E-state index contributed by atoms with van der Waals surface area (Å²) < 4.78 is 0. The van der Waals surface area contributed by atoms with Gasteiger partial charge in [0.05, 0.1) is 21.4 Å². The molecule has 0 radical (unpaired) electrons. The van der Waals surface area contributed by atoms with Crippen molar-refractivity contribution in [2.75, 3.05) is 0 Å². The quantitative estimate of drug-likeness (QED) is 0.212. The van der Waals surface area contributed by atoms with Gasteiger partial charge in [-0.25, -0.2) is 9.98 Å². The zero-order valence-corrected chi connectivity index (χ0v) is 19.7. The normalized spacial score (nSPS) is 11.8. The van der Waals surface area contributed by atoms with Crippen molar-refractivity contribution >= 4 is 37.5 Å². The maximum Gasteiger partial charge on any atom is 0.186 e. The molecule has 0 bridgehead atoms. The van der Waals surface area contributed by atoms with Crippen LogP contribution in [0, 0.1) is 12.3 Å². The molecule has 166 valence electrons. The van der Waals surface area contributed by atoms with Crippen LogP contribution in [0.2, 0.25) is 10.0 Å². The Morgan fingerprint density at radius 2 is 1.94 bits per heavy atom.